The fraction of sp³-hybridized carbons (Fsp3) is 0.500. The van der Waals surface area contributed by atoms with Gasteiger partial charge in [-0.3, -0.25) is 0 Å². The summed E-state index contributed by atoms with van der Waals surface area (Å²) >= 11 is 0. The van der Waals surface area contributed by atoms with E-state index in [4.69, 9.17) is 0 Å². The number of hydrogen-bond acceptors (Lipinski definition) is 3. The number of aryl methyl sites for hydroxylation is 1. The Morgan fingerprint density at radius 1 is 1.50 bits per heavy atom. The van der Waals surface area contributed by atoms with Gasteiger partial charge in [-0.05, 0) is 50.0 Å². The van der Waals surface area contributed by atoms with Crippen molar-refractivity contribution in [3.63, 3.8) is 0 Å². The molecule has 0 aliphatic carbocycles. The molecule has 0 saturated carbocycles. The minimum atomic E-state index is -3.75. The molecule has 1 aliphatic heterocycles. The summed E-state index contributed by atoms with van der Waals surface area (Å²) in [4.78, 5) is -0.270. The van der Waals surface area contributed by atoms with Crippen molar-refractivity contribution in [3.8, 4) is 0 Å². The van der Waals surface area contributed by atoms with E-state index in [9.17, 15) is 12.8 Å². The Kier molecular flexibility index (Phi) is 3.99. The van der Waals surface area contributed by atoms with E-state index >= 15 is 0 Å². The highest BCUT2D eigenvalue weighted by Gasteiger charge is 2.22. The highest BCUT2D eigenvalue weighted by Crippen LogP contribution is 2.16. The molecule has 100 valence electrons. The third kappa shape index (κ3) is 3.07. The van der Waals surface area contributed by atoms with Crippen LogP contribution in [0.15, 0.2) is 23.1 Å². The van der Waals surface area contributed by atoms with E-state index in [2.05, 4.69) is 10.0 Å². The van der Waals surface area contributed by atoms with Crippen molar-refractivity contribution in [1.82, 2.24) is 10.0 Å². The van der Waals surface area contributed by atoms with E-state index in [1.165, 1.54) is 12.1 Å². The summed E-state index contributed by atoms with van der Waals surface area (Å²) in [5.41, 5.74) is 0.722. The Bertz CT molecular complexity index is 525. The van der Waals surface area contributed by atoms with Gasteiger partial charge in [0.25, 0.3) is 0 Å². The van der Waals surface area contributed by atoms with Crippen molar-refractivity contribution in [3.05, 3.63) is 29.6 Å². The van der Waals surface area contributed by atoms with Crippen LogP contribution in [-0.4, -0.2) is 28.1 Å². The normalized spacial score (nSPS) is 20.2. The molecule has 0 radical (unpaired) electrons. The topological polar surface area (TPSA) is 58.2 Å². The average molecular weight is 272 g/mol. The van der Waals surface area contributed by atoms with E-state index < -0.39 is 15.8 Å². The Balaban J connectivity index is 2.12. The van der Waals surface area contributed by atoms with Gasteiger partial charge in [0.15, 0.2) is 0 Å². The third-order valence-corrected chi connectivity index (χ3v) is 4.54. The molecule has 1 fully saturated rings. The molecule has 0 aromatic heterocycles. The first-order chi connectivity index (χ1) is 8.49. The number of rotatable bonds is 4. The predicted molar refractivity (Wildman–Crippen MR) is 67.3 cm³/mol. The molecule has 6 heteroatoms. The largest absolute Gasteiger partial charge is 0.316 e. The molecule has 1 aromatic rings. The van der Waals surface area contributed by atoms with Gasteiger partial charge in [0, 0.05) is 6.54 Å². The lowest BCUT2D eigenvalue weighted by molar-refractivity contribution is 0.529. The van der Waals surface area contributed by atoms with Crippen LogP contribution in [0, 0.1) is 18.7 Å². The van der Waals surface area contributed by atoms with Gasteiger partial charge in [0.1, 0.15) is 10.7 Å². The SMILES string of the molecule is Cc1ccc(F)c(S(=O)(=O)NCC2CCNC2)c1. The van der Waals surface area contributed by atoms with E-state index in [1.807, 2.05) is 0 Å². The number of nitrogens with one attached hydrogen (secondary N) is 2. The molecule has 1 aliphatic rings. The van der Waals surface area contributed by atoms with Gasteiger partial charge >= 0.3 is 0 Å². The van der Waals surface area contributed by atoms with E-state index in [0.29, 0.717) is 6.54 Å². The van der Waals surface area contributed by atoms with Gasteiger partial charge < -0.3 is 5.32 Å². The van der Waals surface area contributed by atoms with Gasteiger partial charge in [-0.25, -0.2) is 17.5 Å². The maximum atomic E-state index is 13.5. The highest BCUT2D eigenvalue weighted by atomic mass is 32.2. The first kappa shape index (κ1) is 13.5. The van der Waals surface area contributed by atoms with Crippen molar-refractivity contribution in [2.24, 2.45) is 5.92 Å². The van der Waals surface area contributed by atoms with Crippen LogP contribution in [0.1, 0.15) is 12.0 Å². The molecule has 1 unspecified atom stereocenters. The zero-order valence-electron chi connectivity index (χ0n) is 10.2. The monoisotopic (exact) mass is 272 g/mol. The van der Waals surface area contributed by atoms with Gasteiger partial charge in [-0.15, -0.1) is 0 Å². The fourth-order valence-corrected chi connectivity index (χ4v) is 3.29. The van der Waals surface area contributed by atoms with Crippen LogP contribution >= 0.6 is 0 Å². The number of hydrogen-bond donors (Lipinski definition) is 2. The fourth-order valence-electron chi connectivity index (χ4n) is 2.01. The molecule has 4 nitrogen and oxygen atoms in total. The second kappa shape index (κ2) is 5.34. The Hall–Kier alpha value is -0.980. The lowest BCUT2D eigenvalue weighted by Gasteiger charge is -2.11. The number of sulfonamides is 1. The van der Waals surface area contributed by atoms with Gasteiger partial charge in [0.2, 0.25) is 10.0 Å². The lowest BCUT2D eigenvalue weighted by Crippen LogP contribution is -2.30. The standard InChI is InChI=1S/C12H17FN2O2S/c1-9-2-3-11(13)12(6-9)18(16,17)15-8-10-4-5-14-7-10/h2-3,6,10,14-15H,4-5,7-8H2,1H3. The van der Waals surface area contributed by atoms with Crippen molar-refractivity contribution < 1.29 is 12.8 Å². The first-order valence-corrected chi connectivity index (χ1v) is 7.44. The molecule has 2 rings (SSSR count). The van der Waals surface area contributed by atoms with Crippen LogP contribution < -0.4 is 10.0 Å². The zero-order chi connectivity index (χ0) is 13.2. The van der Waals surface area contributed by atoms with E-state index in [1.54, 1.807) is 13.0 Å². The van der Waals surface area contributed by atoms with E-state index in [-0.39, 0.29) is 10.8 Å². The Labute approximate surface area is 107 Å². The van der Waals surface area contributed by atoms with Crippen LogP contribution in [-0.2, 0) is 10.0 Å². The minimum Gasteiger partial charge on any atom is -0.316 e. The van der Waals surface area contributed by atoms with Gasteiger partial charge in [0.05, 0.1) is 0 Å². The summed E-state index contributed by atoms with van der Waals surface area (Å²) in [6, 6.07) is 4.08. The quantitative estimate of drug-likeness (QED) is 0.860. The smallest absolute Gasteiger partial charge is 0.243 e. The average Bonchev–Trinajstić information content (AvgIpc) is 2.83. The Morgan fingerprint density at radius 3 is 2.94 bits per heavy atom. The molecule has 1 saturated heterocycles. The molecule has 0 bridgehead atoms. The maximum absolute atomic E-state index is 13.5. The molecular formula is C12H17FN2O2S. The summed E-state index contributed by atoms with van der Waals surface area (Å²) < 4.78 is 40.0. The Morgan fingerprint density at radius 2 is 2.28 bits per heavy atom. The lowest BCUT2D eigenvalue weighted by atomic mass is 10.1. The van der Waals surface area contributed by atoms with Crippen LogP contribution in [0.5, 0.6) is 0 Å². The highest BCUT2D eigenvalue weighted by molar-refractivity contribution is 7.89. The maximum Gasteiger partial charge on any atom is 0.243 e. The third-order valence-electron chi connectivity index (χ3n) is 3.10. The number of benzene rings is 1. The summed E-state index contributed by atoms with van der Waals surface area (Å²) in [5, 5.41) is 3.16. The van der Waals surface area contributed by atoms with Crippen molar-refractivity contribution >= 4 is 10.0 Å². The summed E-state index contributed by atoms with van der Waals surface area (Å²) in [5.74, 6) is -0.426. The van der Waals surface area contributed by atoms with Crippen LogP contribution in [0.4, 0.5) is 4.39 Å². The molecule has 1 aromatic carbocycles. The van der Waals surface area contributed by atoms with Crippen LogP contribution in [0.25, 0.3) is 0 Å². The summed E-state index contributed by atoms with van der Waals surface area (Å²) in [6.45, 7) is 3.80. The summed E-state index contributed by atoms with van der Waals surface area (Å²) in [6.07, 6.45) is 0.943. The predicted octanol–water partition coefficient (Wildman–Crippen LogP) is 1.02. The van der Waals surface area contributed by atoms with Gasteiger partial charge in [-0.2, -0.15) is 0 Å². The molecule has 18 heavy (non-hydrogen) atoms. The van der Waals surface area contributed by atoms with Crippen molar-refractivity contribution in [2.75, 3.05) is 19.6 Å². The number of halogens is 1. The molecule has 1 atom stereocenters. The van der Waals surface area contributed by atoms with Gasteiger partial charge in [-0.1, -0.05) is 6.07 Å². The first-order valence-electron chi connectivity index (χ1n) is 5.95. The molecule has 2 N–H and O–H groups in total. The van der Waals surface area contributed by atoms with Crippen LogP contribution in [0.2, 0.25) is 0 Å². The second-order valence-electron chi connectivity index (χ2n) is 4.64. The summed E-state index contributed by atoms with van der Waals surface area (Å²) in [7, 11) is -3.75. The molecule has 0 spiro atoms. The molecule has 0 amide bonds. The van der Waals surface area contributed by atoms with E-state index in [0.717, 1.165) is 25.1 Å². The van der Waals surface area contributed by atoms with Crippen molar-refractivity contribution in [2.45, 2.75) is 18.2 Å². The second-order valence-corrected chi connectivity index (χ2v) is 6.38. The minimum absolute atomic E-state index is 0.270. The molecule has 1 heterocycles. The zero-order valence-corrected chi connectivity index (χ0v) is 11.1. The van der Waals surface area contributed by atoms with Crippen molar-refractivity contribution in [1.29, 1.82) is 0 Å². The van der Waals surface area contributed by atoms with Crippen LogP contribution in [0.3, 0.4) is 0 Å². The molecular weight excluding hydrogens is 255 g/mol.